The summed E-state index contributed by atoms with van der Waals surface area (Å²) in [6.45, 7) is 0.894. The lowest BCUT2D eigenvalue weighted by Gasteiger charge is -2.32. The molecule has 18 heavy (non-hydrogen) atoms. The zero-order chi connectivity index (χ0) is 12.8. The van der Waals surface area contributed by atoms with Crippen LogP contribution in [0.4, 0.5) is 4.79 Å². The number of hydrogen-bond donors (Lipinski definition) is 3. The predicted molar refractivity (Wildman–Crippen MR) is 72.6 cm³/mol. The minimum atomic E-state index is -0.696. The first kappa shape index (κ1) is 13.4. The van der Waals surface area contributed by atoms with Gasteiger partial charge in [-0.2, -0.15) is 0 Å². The highest BCUT2D eigenvalue weighted by Gasteiger charge is 2.29. The van der Waals surface area contributed by atoms with Crippen LogP contribution in [0.25, 0.3) is 0 Å². The van der Waals surface area contributed by atoms with E-state index in [0.29, 0.717) is 13.1 Å². The van der Waals surface area contributed by atoms with Crippen LogP contribution in [-0.4, -0.2) is 23.3 Å². The molecule has 100 valence electrons. The summed E-state index contributed by atoms with van der Waals surface area (Å²) in [4.78, 5) is 12.7. The Morgan fingerprint density at radius 3 is 2.78 bits per heavy atom. The van der Waals surface area contributed by atoms with E-state index < -0.39 is 5.60 Å². The van der Waals surface area contributed by atoms with E-state index in [-0.39, 0.29) is 6.03 Å². The quantitative estimate of drug-likeness (QED) is 0.784. The minimum absolute atomic E-state index is 0.206. The van der Waals surface area contributed by atoms with Crippen LogP contribution in [-0.2, 0) is 6.54 Å². The van der Waals surface area contributed by atoms with Crippen molar-refractivity contribution in [3.63, 3.8) is 0 Å². The van der Waals surface area contributed by atoms with Crippen molar-refractivity contribution in [3.8, 4) is 0 Å². The maximum absolute atomic E-state index is 11.6. The lowest BCUT2D eigenvalue weighted by Crippen LogP contribution is -2.47. The Bertz CT molecular complexity index is 372. The standard InChI is InChI=1S/C13H20N2O2S/c16-12(14-9-11-5-4-8-18-11)15-10-13(17)6-2-1-3-7-13/h4-5,8,17H,1-3,6-7,9-10H2,(H2,14,15,16). The predicted octanol–water partition coefficient (Wildman–Crippen LogP) is 2.24. The van der Waals surface area contributed by atoms with E-state index >= 15 is 0 Å². The molecule has 1 aromatic rings. The van der Waals surface area contributed by atoms with E-state index in [9.17, 15) is 9.90 Å². The third-order valence-corrected chi connectivity index (χ3v) is 4.24. The van der Waals surface area contributed by atoms with Gasteiger partial charge >= 0.3 is 6.03 Å². The summed E-state index contributed by atoms with van der Waals surface area (Å²) >= 11 is 1.62. The number of hydrogen-bond acceptors (Lipinski definition) is 3. The van der Waals surface area contributed by atoms with Gasteiger partial charge in [-0.15, -0.1) is 11.3 Å². The van der Waals surface area contributed by atoms with Gasteiger partial charge in [0.25, 0.3) is 0 Å². The van der Waals surface area contributed by atoms with Gasteiger partial charge in [0.15, 0.2) is 0 Å². The zero-order valence-electron chi connectivity index (χ0n) is 10.4. The first-order chi connectivity index (χ1) is 8.68. The van der Waals surface area contributed by atoms with Crippen LogP contribution in [0.1, 0.15) is 37.0 Å². The van der Waals surface area contributed by atoms with Gasteiger partial charge in [-0.25, -0.2) is 4.79 Å². The van der Waals surface area contributed by atoms with E-state index in [1.54, 1.807) is 11.3 Å². The number of carbonyl (C=O) groups is 1. The highest BCUT2D eigenvalue weighted by atomic mass is 32.1. The van der Waals surface area contributed by atoms with Crippen LogP contribution in [0.5, 0.6) is 0 Å². The summed E-state index contributed by atoms with van der Waals surface area (Å²) in [6, 6.07) is 3.74. The Kier molecular flexibility index (Phi) is 4.60. The van der Waals surface area contributed by atoms with Crippen LogP contribution < -0.4 is 10.6 Å². The minimum Gasteiger partial charge on any atom is -0.388 e. The number of thiophene rings is 1. The highest BCUT2D eigenvalue weighted by Crippen LogP contribution is 2.27. The van der Waals surface area contributed by atoms with Gasteiger partial charge in [0.05, 0.1) is 12.1 Å². The number of rotatable bonds is 4. The molecule has 4 nitrogen and oxygen atoms in total. The van der Waals surface area contributed by atoms with Crippen molar-refractivity contribution in [3.05, 3.63) is 22.4 Å². The van der Waals surface area contributed by atoms with E-state index in [4.69, 9.17) is 0 Å². The molecule has 1 saturated carbocycles. The Hall–Kier alpha value is -1.07. The summed E-state index contributed by atoms with van der Waals surface area (Å²) in [6.07, 6.45) is 4.87. The zero-order valence-corrected chi connectivity index (χ0v) is 11.3. The fourth-order valence-electron chi connectivity index (χ4n) is 2.27. The van der Waals surface area contributed by atoms with Gasteiger partial charge in [0.1, 0.15) is 0 Å². The van der Waals surface area contributed by atoms with Gasteiger partial charge in [0, 0.05) is 11.4 Å². The Labute approximate surface area is 111 Å². The molecule has 2 rings (SSSR count). The lowest BCUT2D eigenvalue weighted by atomic mass is 9.85. The lowest BCUT2D eigenvalue weighted by molar-refractivity contribution is 0.00719. The molecule has 0 spiro atoms. The average Bonchev–Trinajstić information content (AvgIpc) is 2.88. The summed E-state index contributed by atoms with van der Waals surface area (Å²) in [5, 5.41) is 17.8. The Balaban J connectivity index is 1.68. The topological polar surface area (TPSA) is 61.4 Å². The molecule has 2 amide bonds. The number of nitrogens with one attached hydrogen (secondary N) is 2. The van der Waals surface area contributed by atoms with Crippen molar-refractivity contribution in [2.24, 2.45) is 0 Å². The fraction of sp³-hybridized carbons (Fsp3) is 0.615. The summed E-state index contributed by atoms with van der Waals surface area (Å²) in [5.74, 6) is 0. The number of carbonyl (C=O) groups excluding carboxylic acids is 1. The molecule has 0 saturated heterocycles. The van der Waals surface area contributed by atoms with Crippen molar-refractivity contribution in [1.29, 1.82) is 0 Å². The molecule has 3 N–H and O–H groups in total. The fourth-order valence-corrected chi connectivity index (χ4v) is 2.92. The molecule has 0 unspecified atom stereocenters. The molecule has 0 aliphatic heterocycles. The molecule has 0 bridgehead atoms. The number of aliphatic hydroxyl groups is 1. The molecule has 1 heterocycles. The van der Waals surface area contributed by atoms with E-state index in [2.05, 4.69) is 10.6 Å². The average molecular weight is 268 g/mol. The molecular formula is C13H20N2O2S. The van der Waals surface area contributed by atoms with Gasteiger partial charge in [-0.05, 0) is 24.3 Å². The molecule has 0 radical (unpaired) electrons. The third-order valence-electron chi connectivity index (χ3n) is 3.37. The van der Waals surface area contributed by atoms with E-state index in [1.165, 1.54) is 6.42 Å². The molecule has 1 fully saturated rings. The normalized spacial score (nSPS) is 18.3. The number of urea groups is 1. The second-order valence-electron chi connectivity index (χ2n) is 4.90. The van der Waals surface area contributed by atoms with Crippen molar-refractivity contribution in [2.75, 3.05) is 6.54 Å². The van der Waals surface area contributed by atoms with E-state index in [1.807, 2.05) is 17.5 Å². The molecule has 5 heteroatoms. The van der Waals surface area contributed by atoms with Gasteiger partial charge in [-0.3, -0.25) is 0 Å². The molecule has 0 atom stereocenters. The van der Waals surface area contributed by atoms with Crippen molar-refractivity contribution in [1.82, 2.24) is 10.6 Å². The van der Waals surface area contributed by atoms with E-state index in [0.717, 1.165) is 30.6 Å². The van der Waals surface area contributed by atoms with Crippen LogP contribution in [0.2, 0.25) is 0 Å². The highest BCUT2D eigenvalue weighted by molar-refractivity contribution is 7.09. The van der Waals surface area contributed by atoms with Crippen LogP contribution in [0.3, 0.4) is 0 Å². The first-order valence-electron chi connectivity index (χ1n) is 6.44. The third kappa shape index (κ3) is 3.99. The second kappa shape index (κ2) is 6.20. The van der Waals surface area contributed by atoms with Gasteiger partial charge < -0.3 is 15.7 Å². The summed E-state index contributed by atoms with van der Waals surface area (Å²) in [7, 11) is 0. The largest absolute Gasteiger partial charge is 0.388 e. The summed E-state index contributed by atoms with van der Waals surface area (Å²) in [5.41, 5.74) is -0.696. The Morgan fingerprint density at radius 2 is 2.11 bits per heavy atom. The van der Waals surface area contributed by atoms with Gasteiger partial charge in [0.2, 0.25) is 0 Å². The van der Waals surface area contributed by atoms with Crippen LogP contribution in [0, 0.1) is 0 Å². The summed E-state index contributed by atoms with van der Waals surface area (Å²) < 4.78 is 0. The molecular weight excluding hydrogens is 248 g/mol. The smallest absolute Gasteiger partial charge is 0.315 e. The SMILES string of the molecule is O=C(NCc1cccs1)NCC1(O)CCCCC1. The maximum Gasteiger partial charge on any atom is 0.315 e. The molecule has 1 aliphatic carbocycles. The van der Waals surface area contributed by atoms with Crippen molar-refractivity contribution in [2.45, 2.75) is 44.2 Å². The number of amides is 2. The van der Waals surface area contributed by atoms with Crippen LogP contribution >= 0.6 is 11.3 Å². The monoisotopic (exact) mass is 268 g/mol. The second-order valence-corrected chi connectivity index (χ2v) is 5.93. The molecule has 0 aromatic carbocycles. The Morgan fingerprint density at radius 1 is 1.33 bits per heavy atom. The van der Waals surface area contributed by atoms with Gasteiger partial charge in [-0.1, -0.05) is 25.3 Å². The van der Waals surface area contributed by atoms with Crippen molar-refractivity contribution >= 4 is 17.4 Å². The first-order valence-corrected chi connectivity index (χ1v) is 7.32. The molecule has 1 aliphatic rings. The van der Waals surface area contributed by atoms with Crippen LogP contribution in [0.15, 0.2) is 17.5 Å². The maximum atomic E-state index is 11.6. The van der Waals surface area contributed by atoms with Crippen molar-refractivity contribution < 1.29 is 9.90 Å². The molecule has 1 aromatic heterocycles.